The minimum atomic E-state index is -5.17. The molecule has 1 aromatic carbocycles. The van der Waals surface area contributed by atoms with Gasteiger partial charge in [0.05, 0.1) is 35.2 Å². The molecule has 0 unspecified atom stereocenters. The van der Waals surface area contributed by atoms with E-state index in [1.54, 1.807) is 0 Å². The van der Waals surface area contributed by atoms with E-state index in [4.69, 9.17) is 5.73 Å². The van der Waals surface area contributed by atoms with Gasteiger partial charge in [-0.3, -0.25) is 4.79 Å². The Morgan fingerprint density at radius 1 is 1.13 bits per heavy atom. The third-order valence-electron chi connectivity index (χ3n) is 2.92. The van der Waals surface area contributed by atoms with Gasteiger partial charge in [-0.15, -0.1) is 0 Å². The lowest BCUT2D eigenvalue weighted by Gasteiger charge is -2.15. The molecule has 0 saturated heterocycles. The fourth-order valence-electron chi connectivity index (χ4n) is 1.92. The molecule has 0 aliphatic rings. The topological polar surface area (TPSA) is 83.8 Å². The van der Waals surface area contributed by atoms with Gasteiger partial charge in [-0.2, -0.15) is 26.3 Å². The highest BCUT2D eigenvalue weighted by Gasteiger charge is 2.43. The molecule has 2 rings (SSSR count). The molecule has 0 bridgehead atoms. The molecule has 0 aliphatic heterocycles. The molecule has 4 N–H and O–H groups in total. The summed E-state index contributed by atoms with van der Waals surface area (Å²) >= 11 is 0. The van der Waals surface area contributed by atoms with Crippen molar-refractivity contribution in [2.45, 2.75) is 18.9 Å². The molecule has 1 amide bonds. The molecule has 23 heavy (non-hydrogen) atoms. The monoisotopic (exact) mass is 340 g/mol. The van der Waals surface area contributed by atoms with Crippen molar-refractivity contribution < 1.29 is 31.1 Å². The lowest BCUT2D eigenvalue weighted by molar-refractivity contribution is -0.161. The van der Waals surface area contributed by atoms with Crippen LogP contribution in [0.4, 0.5) is 26.3 Å². The number of nitrogens with zero attached hydrogens (tertiary/aromatic N) is 1. The number of aromatic nitrogens is 2. The highest BCUT2D eigenvalue weighted by molar-refractivity contribution is 5.79. The Kier molecular flexibility index (Phi) is 4.24. The maximum absolute atomic E-state index is 12.8. The number of fused-ring (bicyclic) bond motifs is 1. The molecule has 2 aromatic rings. The fourth-order valence-corrected chi connectivity index (χ4v) is 1.92. The number of benzene rings is 1. The van der Waals surface area contributed by atoms with Crippen molar-refractivity contribution >= 4 is 16.9 Å². The third kappa shape index (κ3) is 3.73. The number of carbonyl (C=O) groups excluding carboxylic acids is 1. The molecular formula is C12H10F6N4O. The van der Waals surface area contributed by atoms with E-state index in [1.807, 2.05) is 0 Å². The number of carbonyl (C=O) groups is 1. The van der Waals surface area contributed by atoms with Crippen molar-refractivity contribution in [2.24, 2.45) is 5.73 Å². The van der Waals surface area contributed by atoms with Crippen LogP contribution in [-0.2, 0) is 23.7 Å². The van der Waals surface area contributed by atoms with Gasteiger partial charge in [0, 0.05) is 0 Å². The van der Waals surface area contributed by atoms with Crippen LogP contribution in [0.2, 0.25) is 0 Å². The number of hydrogen-bond acceptors (Lipinski definition) is 3. The summed E-state index contributed by atoms with van der Waals surface area (Å²) in [7, 11) is 0. The van der Waals surface area contributed by atoms with E-state index in [-0.39, 0.29) is 29.9 Å². The summed E-state index contributed by atoms with van der Waals surface area (Å²) in [5, 5.41) is 2.30. The van der Waals surface area contributed by atoms with E-state index in [9.17, 15) is 31.1 Å². The van der Waals surface area contributed by atoms with E-state index < -0.39 is 29.4 Å². The molecule has 0 atom stereocenters. The van der Waals surface area contributed by atoms with Gasteiger partial charge < -0.3 is 16.0 Å². The third-order valence-corrected chi connectivity index (χ3v) is 2.92. The fraction of sp³-hybridized carbons (Fsp3) is 0.333. The Balaban J connectivity index is 2.48. The van der Waals surface area contributed by atoms with Crippen molar-refractivity contribution in [2.75, 3.05) is 6.54 Å². The molecule has 0 spiro atoms. The van der Waals surface area contributed by atoms with Gasteiger partial charge in [-0.1, -0.05) is 0 Å². The molecule has 0 fully saturated rings. The number of H-pyrrole nitrogens is 1. The van der Waals surface area contributed by atoms with Gasteiger partial charge in [0.2, 0.25) is 5.91 Å². The first-order chi connectivity index (χ1) is 10.5. The number of hydrogen-bond donors (Lipinski definition) is 3. The largest absolute Gasteiger partial charge is 0.417 e. The summed E-state index contributed by atoms with van der Waals surface area (Å²) in [6, 6.07) is 0.669. The molecule has 0 radical (unpaired) electrons. The number of imidazole rings is 1. The van der Waals surface area contributed by atoms with Crippen molar-refractivity contribution in [3.05, 3.63) is 29.1 Å². The summed E-state index contributed by atoms with van der Waals surface area (Å²) in [6.45, 7) is -0.510. The zero-order valence-electron chi connectivity index (χ0n) is 11.3. The average molecular weight is 340 g/mol. The van der Waals surface area contributed by atoms with Crippen LogP contribution >= 0.6 is 0 Å². The van der Waals surface area contributed by atoms with Crippen molar-refractivity contribution in [3.8, 4) is 0 Å². The Morgan fingerprint density at radius 2 is 1.70 bits per heavy atom. The predicted octanol–water partition coefficient (Wildman–Crippen LogP) is 2.18. The molecule has 1 aromatic heterocycles. The average Bonchev–Trinajstić information content (AvgIpc) is 2.83. The van der Waals surface area contributed by atoms with Gasteiger partial charge in [0.15, 0.2) is 0 Å². The summed E-state index contributed by atoms with van der Waals surface area (Å²) in [6.07, 6.45) is -10.3. The lowest BCUT2D eigenvalue weighted by atomic mass is 10.1. The van der Waals surface area contributed by atoms with Crippen molar-refractivity contribution in [1.82, 2.24) is 15.3 Å². The molecule has 5 nitrogen and oxygen atoms in total. The molecule has 1 heterocycles. The number of rotatable bonds is 3. The number of nitrogens with two attached hydrogens (primary N) is 1. The number of nitrogens with one attached hydrogen (secondary N) is 2. The summed E-state index contributed by atoms with van der Waals surface area (Å²) in [5.74, 6) is -0.535. The van der Waals surface area contributed by atoms with E-state index in [0.29, 0.717) is 12.1 Å². The molecule has 11 heteroatoms. The molecule has 0 saturated carbocycles. The minimum absolute atomic E-state index is 0.00856. The number of alkyl halides is 6. The second kappa shape index (κ2) is 5.72. The smallest absolute Gasteiger partial charge is 0.348 e. The van der Waals surface area contributed by atoms with Crippen LogP contribution in [0.3, 0.4) is 0 Å². The Bertz CT molecular complexity index is 682. The van der Waals surface area contributed by atoms with Crippen molar-refractivity contribution in [3.63, 3.8) is 0 Å². The van der Waals surface area contributed by atoms with Crippen LogP contribution in [0.1, 0.15) is 17.0 Å². The normalized spacial score (nSPS) is 12.7. The highest BCUT2D eigenvalue weighted by atomic mass is 19.4. The number of aromatic amines is 1. The van der Waals surface area contributed by atoms with Crippen LogP contribution in [0.15, 0.2) is 12.1 Å². The maximum atomic E-state index is 12.8. The van der Waals surface area contributed by atoms with Crippen LogP contribution in [0.5, 0.6) is 0 Å². The van der Waals surface area contributed by atoms with Crippen molar-refractivity contribution in [1.29, 1.82) is 0 Å². The Hall–Kier alpha value is -2.30. The first-order valence-corrected chi connectivity index (χ1v) is 6.16. The predicted molar refractivity (Wildman–Crippen MR) is 67.0 cm³/mol. The first kappa shape index (κ1) is 17.1. The van der Waals surface area contributed by atoms with Gasteiger partial charge >= 0.3 is 12.4 Å². The van der Waals surface area contributed by atoms with Crippen LogP contribution in [0.25, 0.3) is 11.0 Å². The van der Waals surface area contributed by atoms with Gasteiger partial charge in [0.25, 0.3) is 0 Å². The highest BCUT2D eigenvalue weighted by Crippen LogP contribution is 2.41. The lowest BCUT2D eigenvalue weighted by Crippen LogP contribution is -2.30. The van der Waals surface area contributed by atoms with Crippen LogP contribution in [0, 0.1) is 0 Å². The standard InChI is InChI=1S/C12H10F6N4O/c13-11(14,15)5-1-7-8(2-6(5)12(16,17)18)22-9(21-7)4-20-10(23)3-19/h1-2H,3-4,19H2,(H,20,23)(H,21,22). The summed E-state index contributed by atoms with van der Waals surface area (Å²) < 4.78 is 76.8. The molecule has 126 valence electrons. The van der Waals surface area contributed by atoms with Gasteiger partial charge in [0.1, 0.15) is 5.82 Å². The van der Waals surface area contributed by atoms with E-state index in [1.165, 1.54) is 0 Å². The summed E-state index contributed by atoms with van der Waals surface area (Å²) in [5.41, 5.74) is 0.920. The SMILES string of the molecule is NCC(=O)NCc1nc2cc(C(F)(F)F)c(C(F)(F)F)cc2[nH]1. The van der Waals surface area contributed by atoms with E-state index >= 15 is 0 Å². The second-order valence-electron chi connectivity index (χ2n) is 4.57. The van der Waals surface area contributed by atoms with Gasteiger partial charge in [-0.05, 0) is 12.1 Å². The minimum Gasteiger partial charge on any atom is -0.348 e. The quantitative estimate of drug-likeness (QED) is 0.749. The molecular weight excluding hydrogens is 330 g/mol. The van der Waals surface area contributed by atoms with Gasteiger partial charge in [-0.25, -0.2) is 4.98 Å². The zero-order chi connectivity index (χ0) is 17.4. The molecule has 0 aliphatic carbocycles. The number of amides is 1. The van der Waals surface area contributed by atoms with E-state index in [2.05, 4.69) is 15.3 Å². The summed E-state index contributed by atoms with van der Waals surface area (Å²) in [4.78, 5) is 17.2. The number of halogens is 6. The Labute approximate surface area is 124 Å². The Morgan fingerprint density at radius 3 is 2.22 bits per heavy atom. The second-order valence-corrected chi connectivity index (χ2v) is 4.57. The van der Waals surface area contributed by atoms with E-state index in [0.717, 1.165) is 0 Å². The zero-order valence-corrected chi connectivity index (χ0v) is 11.3. The maximum Gasteiger partial charge on any atom is 0.417 e. The van der Waals surface area contributed by atoms with Crippen LogP contribution < -0.4 is 11.1 Å². The first-order valence-electron chi connectivity index (χ1n) is 6.16. The van der Waals surface area contributed by atoms with Crippen LogP contribution in [-0.4, -0.2) is 22.4 Å².